The molecule has 1 saturated carbocycles. The van der Waals surface area contributed by atoms with Crippen molar-refractivity contribution < 1.29 is 9.47 Å². The van der Waals surface area contributed by atoms with E-state index in [9.17, 15) is 0 Å². The Labute approximate surface area is 67.2 Å². The van der Waals surface area contributed by atoms with Crippen LogP contribution in [0.3, 0.4) is 0 Å². The second kappa shape index (κ2) is 2.43. The molecule has 11 heavy (non-hydrogen) atoms. The molecule has 0 saturated heterocycles. The molecule has 0 bridgehead atoms. The molecular formula is C9H14O2. The van der Waals surface area contributed by atoms with Gasteiger partial charge in [-0.05, 0) is 12.8 Å². The highest BCUT2D eigenvalue weighted by Crippen LogP contribution is 2.40. The minimum atomic E-state index is -0.231. The Morgan fingerprint density at radius 1 is 1.45 bits per heavy atom. The van der Waals surface area contributed by atoms with Crippen LogP contribution in [0.4, 0.5) is 0 Å². The van der Waals surface area contributed by atoms with E-state index in [0.29, 0.717) is 0 Å². The van der Waals surface area contributed by atoms with E-state index >= 15 is 0 Å². The fraction of sp³-hybridized carbons (Fsp3) is 0.778. The molecule has 0 aromatic heterocycles. The summed E-state index contributed by atoms with van der Waals surface area (Å²) >= 11 is 0. The molecule has 0 atom stereocenters. The Balaban J connectivity index is 2.01. The molecule has 62 valence electrons. The van der Waals surface area contributed by atoms with E-state index < -0.39 is 0 Å². The fourth-order valence-electron chi connectivity index (χ4n) is 1.75. The summed E-state index contributed by atoms with van der Waals surface area (Å²) in [4.78, 5) is 0. The summed E-state index contributed by atoms with van der Waals surface area (Å²) in [6, 6.07) is 0. The fourth-order valence-corrected chi connectivity index (χ4v) is 1.75. The molecule has 0 aromatic rings. The third-order valence-electron chi connectivity index (χ3n) is 2.44. The zero-order valence-electron chi connectivity index (χ0n) is 6.93. The van der Waals surface area contributed by atoms with Gasteiger partial charge in [-0.15, -0.1) is 0 Å². The Morgan fingerprint density at radius 2 is 2.18 bits per heavy atom. The Bertz CT molecular complexity index is 178. The van der Waals surface area contributed by atoms with Crippen LogP contribution in [-0.4, -0.2) is 5.79 Å². The van der Waals surface area contributed by atoms with Gasteiger partial charge in [0.15, 0.2) is 0 Å². The van der Waals surface area contributed by atoms with E-state index in [2.05, 4.69) is 6.92 Å². The maximum Gasteiger partial charge on any atom is 0.250 e. The Hall–Kier alpha value is -0.660. The van der Waals surface area contributed by atoms with Crippen LogP contribution in [0.25, 0.3) is 0 Å². The third-order valence-corrected chi connectivity index (χ3v) is 2.44. The van der Waals surface area contributed by atoms with E-state index in [1.165, 1.54) is 12.8 Å². The van der Waals surface area contributed by atoms with E-state index in [1.54, 1.807) is 6.26 Å². The Kier molecular flexibility index (Phi) is 1.55. The molecule has 1 heterocycles. The van der Waals surface area contributed by atoms with Gasteiger partial charge in [-0.2, -0.15) is 0 Å². The van der Waals surface area contributed by atoms with Crippen LogP contribution in [-0.2, 0) is 9.47 Å². The van der Waals surface area contributed by atoms with E-state index in [-0.39, 0.29) is 5.79 Å². The molecular weight excluding hydrogens is 140 g/mol. The van der Waals surface area contributed by atoms with Crippen molar-refractivity contribution in [1.29, 1.82) is 0 Å². The number of hydrogen-bond acceptors (Lipinski definition) is 2. The van der Waals surface area contributed by atoms with E-state index in [0.717, 1.165) is 25.0 Å². The molecule has 1 spiro atoms. The van der Waals surface area contributed by atoms with Crippen molar-refractivity contribution in [3.63, 3.8) is 0 Å². The summed E-state index contributed by atoms with van der Waals surface area (Å²) in [6.45, 7) is 2.09. The number of ether oxygens (including phenoxy) is 2. The first-order valence-corrected chi connectivity index (χ1v) is 4.40. The average Bonchev–Trinajstić information content (AvgIpc) is 2.62. The van der Waals surface area contributed by atoms with Gasteiger partial charge in [-0.25, -0.2) is 0 Å². The van der Waals surface area contributed by atoms with Crippen LogP contribution >= 0.6 is 0 Å². The van der Waals surface area contributed by atoms with Crippen LogP contribution in [0.1, 0.15) is 39.0 Å². The van der Waals surface area contributed by atoms with Gasteiger partial charge >= 0.3 is 0 Å². The zero-order chi connectivity index (χ0) is 7.73. The van der Waals surface area contributed by atoms with Gasteiger partial charge in [0.1, 0.15) is 12.0 Å². The van der Waals surface area contributed by atoms with Crippen molar-refractivity contribution in [2.75, 3.05) is 0 Å². The lowest BCUT2D eigenvalue weighted by Crippen LogP contribution is -2.25. The van der Waals surface area contributed by atoms with Crippen LogP contribution in [0.2, 0.25) is 0 Å². The van der Waals surface area contributed by atoms with Crippen LogP contribution in [0, 0.1) is 0 Å². The van der Waals surface area contributed by atoms with Crippen molar-refractivity contribution in [2.24, 2.45) is 0 Å². The summed E-state index contributed by atoms with van der Waals surface area (Å²) in [6.07, 6.45) is 7.34. The lowest BCUT2D eigenvalue weighted by molar-refractivity contribution is -0.142. The van der Waals surface area contributed by atoms with Gasteiger partial charge in [0.2, 0.25) is 5.79 Å². The minimum absolute atomic E-state index is 0.231. The monoisotopic (exact) mass is 154 g/mol. The van der Waals surface area contributed by atoms with E-state index in [4.69, 9.17) is 9.47 Å². The van der Waals surface area contributed by atoms with Gasteiger partial charge in [-0.3, -0.25) is 0 Å². The van der Waals surface area contributed by atoms with E-state index in [1.807, 2.05) is 0 Å². The number of allylic oxidation sites excluding steroid dienone is 1. The van der Waals surface area contributed by atoms with Gasteiger partial charge in [0.25, 0.3) is 0 Å². The highest BCUT2D eigenvalue weighted by Gasteiger charge is 2.41. The van der Waals surface area contributed by atoms with Gasteiger partial charge < -0.3 is 9.47 Å². The molecule has 1 aliphatic carbocycles. The summed E-state index contributed by atoms with van der Waals surface area (Å²) in [5, 5.41) is 0. The second-order valence-electron chi connectivity index (χ2n) is 3.28. The normalized spacial score (nSPS) is 26.5. The van der Waals surface area contributed by atoms with Crippen molar-refractivity contribution in [2.45, 2.75) is 44.8 Å². The van der Waals surface area contributed by atoms with Gasteiger partial charge in [0.05, 0.1) is 0 Å². The largest absolute Gasteiger partial charge is 0.456 e. The predicted molar refractivity (Wildman–Crippen MR) is 41.7 cm³/mol. The maximum absolute atomic E-state index is 5.70. The zero-order valence-corrected chi connectivity index (χ0v) is 6.93. The second-order valence-corrected chi connectivity index (χ2v) is 3.28. The average molecular weight is 154 g/mol. The van der Waals surface area contributed by atoms with Crippen molar-refractivity contribution >= 4 is 0 Å². The van der Waals surface area contributed by atoms with Crippen LogP contribution in [0.5, 0.6) is 0 Å². The number of rotatable bonds is 1. The molecule has 0 radical (unpaired) electrons. The SMILES string of the molecule is CCC1=COC2(CCCC2)O1. The first kappa shape index (κ1) is 7.01. The minimum Gasteiger partial charge on any atom is -0.456 e. The smallest absolute Gasteiger partial charge is 0.250 e. The summed E-state index contributed by atoms with van der Waals surface area (Å²) in [7, 11) is 0. The van der Waals surface area contributed by atoms with Crippen LogP contribution < -0.4 is 0 Å². The molecule has 0 N–H and O–H groups in total. The predicted octanol–water partition coefficient (Wildman–Crippen LogP) is 2.55. The summed E-state index contributed by atoms with van der Waals surface area (Å²) < 4.78 is 11.2. The topological polar surface area (TPSA) is 18.5 Å². The molecule has 2 nitrogen and oxygen atoms in total. The molecule has 2 rings (SSSR count). The van der Waals surface area contributed by atoms with Gasteiger partial charge in [-0.1, -0.05) is 6.92 Å². The highest BCUT2D eigenvalue weighted by atomic mass is 16.7. The Morgan fingerprint density at radius 3 is 2.73 bits per heavy atom. The summed E-state index contributed by atoms with van der Waals surface area (Å²) in [5.41, 5.74) is 0. The molecule has 1 aliphatic heterocycles. The lowest BCUT2D eigenvalue weighted by Gasteiger charge is -2.22. The molecule has 0 aromatic carbocycles. The highest BCUT2D eigenvalue weighted by molar-refractivity contribution is 4.98. The van der Waals surface area contributed by atoms with Crippen LogP contribution in [0.15, 0.2) is 12.0 Å². The first-order chi connectivity index (χ1) is 5.35. The quantitative estimate of drug-likeness (QED) is 0.578. The standard InChI is InChI=1S/C9H14O2/c1-2-8-7-10-9(11-8)5-3-4-6-9/h7H,2-6H2,1H3. The first-order valence-electron chi connectivity index (χ1n) is 4.40. The number of hydrogen-bond donors (Lipinski definition) is 0. The maximum atomic E-state index is 5.70. The molecule has 1 fully saturated rings. The molecule has 0 amide bonds. The molecule has 2 aliphatic rings. The van der Waals surface area contributed by atoms with Crippen molar-refractivity contribution in [1.82, 2.24) is 0 Å². The molecule has 2 heteroatoms. The van der Waals surface area contributed by atoms with Gasteiger partial charge in [0, 0.05) is 19.3 Å². The summed E-state index contributed by atoms with van der Waals surface area (Å²) in [5.74, 6) is 0.776. The van der Waals surface area contributed by atoms with Crippen molar-refractivity contribution in [3.05, 3.63) is 12.0 Å². The third kappa shape index (κ3) is 1.10. The molecule has 0 unspecified atom stereocenters. The van der Waals surface area contributed by atoms with Crippen molar-refractivity contribution in [3.8, 4) is 0 Å². The lowest BCUT2D eigenvalue weighted by atomic mass is 10.2.